The van der Waals surface area contributed by atoms with Gasteiger partial charge in [0.15, 0.2) is 0 Å². The van der Waals surface area contributed by atoms with Crippen LogP contribution in [0.15, 0.2) is 24.3 Å². The number of amides is 1. The molecule has 3 N–H and O–H groups in total. The number of hydrogen-bond donors (Lipinski definition) is 2. The first-order valence-corrected chi connectivity index (χ1v) is 7.59. The fraction of sp³-hybridized carbons (Fsp3) is 0.462. The molecule has 1 aromatic carbocycles. The van der Waals surface area contributed by atoms with Crippen molar-refractivity contribution < 1.29 is 13.7 Å². The van der Waals surface area contributed by atoms with Crippen molar-refractivity contribution in [2.45, 2.75) is 19.4 Å². The molecule has 1 aromatic rings. The van der Waals surface area contributed by atoms with Gasteiger partial charge in [-0.25, -0.2) is 0 Å². The van der Waals surface area contributed by atoms with Gasteiger partial charge in [-0.3, -0.25) is 9.00 Å². The van der Waals surface area contributed by atoms with Crippen LogP contribution in [0.2, 0.25) is 0 Å². The van der Waals surface area contributed by atoms with Crippen molar-refractivity contribution >= 4 is 22.4 Å². The van der Waals surface area contributed by atoms with Crippen LogP contribution in [0, 0.1) is 0 Å². The summed E-state index contributed by atoms with van der Waals surface area (Å²) < 4.78 is 16.8. The third-order valence-corrected chi connectivity index (χ3v) is 3.98. The number of methoxy groups -OCH3 is 1. The second kappa shape index (κ2) is 7.91. The van der Waals surface area contributed by atoms with Crippen molar-refractivity contribution in [1.29, 1.82) is 0 Å². The number of nitrogens with two attached hydrogens (primary N) is 1. The lowest BCUT2D eigenvalue weighted by molar-refractivity contribution is -0.113. The Hall–Kier alpha value is -1.40. The topological polar surface area (TPSA) is 81.4 Å². The summed E-state index contributed by atoms with van der Waals surface area (Å²) in [5.41, 5.74) is 6.28. The third kappa shape index (κ3) is 5.40. The Morgan fingerprint density at radius 1 is 1.47 bits per heavy atom. The Labute approximate surface area is 116 Å². The number of nitrogens with one attached hydrogen (secondary N) is 1. The average molecular weight is 284 g/mol. The summed E-state index contributed by atoms with van der Waals surface area (Å²) in [5.74, 6) is 0.569. The number of carbonyl (C=O) groups excluding carboxylic acids is 1. The minimum Gasteiger partial charge on any atom is -0.495 e. The van der Waals surface area contributed by atoms with E-state index in [-0.39, 0.29) is 17.7 Å². The van der Waals surface area contributed by atoms with Gasteiger partial charge in [-0.15, -0.1) is 0 Å². The lowest BCUT2D eigenvalue weighted by Crippen LogP contribution is -2.30. The van der Waals surface area contributed by atoms with Gasteiger partial charge in [0.1, 0.15) is 11.5 Å². The van der Waals surface area contributed by atoms with E-state index in [1.54, 1.807) is 18.2 Å². The summed E-state index contributed by atoms with van der Waals surface area (Å²) >= 11 is 0. The molecule has 2 atom stereocenters. The second-order valence-corrected chi connectivity index (χ2v) is 5.67. The molecule has 1 rings (SSSR count). The molecule has 0 saturated heterocycles. The number of anilines is 1. The molecule has 0 heterocycles. The predicted molar refractivity (Wildman–Crippen MR) is 77.8 cm³/mol. The summed E-state index contributed by atoms with van der Waals surface area (Å²) in [4.78, 5) is 11.8. The summed E-state index contributed by atoms with van der Waals surface area (Å²) in [6, 6.07) is 6.96. The average Bonchev–Trinajstić information content (AvgIpc) is 2.38. The predicted octanol–water partition coefficient (Wildman–Crippen LogP) is 1.12. The second-order valence-electron chi connectivity index (χ2n) is 4.17. The first-order chi connectivity index (χ1) is 9.06. The molecule has 0 fully saturated rings. The van der Waals surface area contributed by atoms with E-state index in [0.717, 1.165) is 6.42 Å². The van der Waals surface area contributed by atoms with E-state index >= 15 is 0 Å². The lowest BCUT2D eigenvalue weighted by atomic mass is 10.3. The van der Waals surface area contributed by atoms with Crippen LogP contribution in [0.1, 0.15) is 13.3 Å². The maximum Gasteiger partial charge on any atom is 0.237 e. The molecule has 0 spiro atoms. The van der Waals surface area contributed by atoms with Gasteiger partial charge in [0.25, 0.3) is 0 Å². The molecular formula is C13H20N2O3S. The zero-order valence-corrected chi connectivity index (χ0v) is 12.0. The normalized spacial score (nSPS) is 13.6. The standard InChI is InChI=1S/C13H20N2O3S/c1-3-10(14)8-19(17)9-13(16)15-11-6-4-5-7-12(11)18-2/h4-7,10H,3,8-9,14H2,1-2H3,(H,15,16). The van der Waals surface area contributed by atoms with Crippen molar-refractivity contribution in [3.05, 3.63) is 24.3 Å². The maximum atomic E-state index is 11.8. The number of carbonyl (C=O) groups is 1. The Balaban J connectivity index is 2.53. The SMILES string of the molecule is CCC(N)CS(=O)CC(=O)Nc1ccccc1OC. The molecule has 0 aromatic heterocycles. The molecule has 0 aliphatic heterocycles. The van der Waals surface area contributed by atoms with Gasteiger partial charge in [0.05, 0.1) is 12.8 Å². The third-order valence-electron chi connectivity index (χ3n) is 2.60. The van der Waals surface area contributed by atoms with Crippen molar-refractivity contribution in [3.8, 4) is 5.75 Å². The number of benzene rings is 1. The van der Waals surface area contributed by atoms with Crippen LogP contribution in [0.25, 0.3) is 0 Å². The monoisotopic (exact) mass is 284 g/mol. The lowest BCUT2D eigenvalue weighted by Gasteiger charge is -2.11. The van der Waals surface area contributed by atoms with Crippen molar-refractivity contribution in [2.24, 2.45) is 5.73 Å². The van der Waals surface area contributed by atoms with E-state index in [9.17, 15) is 9.00 Å². The van der Waals surface area contributed by atoms with Crippen LogP contribution in [0.5, 0.6) is 5.75 Å². The minimum absolute atomic E-state index is 0.0499. The molecule has 106 valence electrons. The Morgan fingerprint density at radius 2 is 2.16 bits per heavy atom. The van der Waals surface area contributed by atoms with Crippen LogP contribution in [0.3, 0.4) is 0 Å². The summed E-state index contributed by atoms with van der Waals surface area (Å²) in [6.07, 6.45) is 0.750. The van der Waals surface area contributed by atoms with E-state index < -0.39 is 10.8 Å². The maximum absolute atomic E-state index is 11.8. The molecule has 5 nitrogen and oxygen atoms in total. The Kier molecular flexibility index (Phi) is 6.52. The van der Waals surface area contributed by atoms with Gasteiger partial charge in [0.2, 0.25) is 5.91 Å². The van der Waals surface area contributed by atoms with Crippen molar-refractivity contribution in [3.63, 3.8) is 0 Å². The number of ether oxygens (including phenoxy) is 1. The number of rotatable bonds is 7. The molecule has 2 unspecified atom stereocenters. The smallest absolute Gasteiger partial charge is 0.237 e. The van der Waals surface area contributed by atoms with Gasteiger partial charge >= 0.3 is 0 Å². The van der Waals surface area contributed by atoms with Gasteiger partial charge in [-0.2, -0.15) is 0 Å². The fourth-order valence-corrected chi connectivity index (χ4v) is 2.69. The molecular weight excluding hydrogens is 264 g/mol. The minimum atomic E-state index is -1.24. The van der Waals surface area contributed by atoms with Crippen LogP contribution >= 0.6 is 0 Å². The van der Waals surface area contributed by atoms with E-state index in [0.29, 0.717) is 17.2 Å². The molecule has 0 bridgehead atoms. The van der Waals surface area contributed by atoms with Gasteiger partial charge < -0.3 is 15.8 Å². The Morgan fingerprint density at radius 3 is 2.79 bits per heavy atom. The zero-order chi connectivity index (χ0) is 14.3. The molecule has 1 amide bonds. The molecule has 0 aliphatic carbocycles. The van der Waals surface area contributed by atoms with Gasteiger partial charge in [-0.05, 0) is 18.6 Å². The quantitative estimate of drug-likeness (QED) is 0.786. The summed E-state index contributed by atoms with van der Waals surface area (Å²) in [5, 5.41) is 2.69. The first kappa shape index (κ1) is 15.7. The Bertz CT molecular complexity index is 451. The highest BCUT2D eigenvalue weighted by Crippen LogP contribution is 2.22. The molecule has 0 saturated carbocycles. The number of para-hydroxylation sites is 2. The van der Waals surface area contributed by atoms with Crippen LogP contribution < -0.4 is 15.8 Å². The largest absolute Gasteiger partial charge is 0.495 e. The first-order valence-electron chi connectivity index (χ1n) is 6.10. The van der Waals surface area contributed by atoms with Crippen LogP contribution in [0.4, 0.5) is 5.69 Å². The molecule has 0 aliphatic rings. The highest BCUT2D eigenvalue weighted by atomic mass is 32.2. The van der Waals surface area contributed by atoms with Gasteiger partial charge in [-0.1, -0.05) is 19.1 Å². The molecule has 6 heteroatoms. The van der Waals surface area contributed by atoms with E-state index in [1.165, 1.54) is 7.11 Å². The summed E-state index contributed by atoms with van der Waals surface area (Å²) in [7, 11) is 0.291. The van der Waals surface area contributed by atoms with E-state index in [2.05, 4.69) is 5.32 Å². The van der Waals surface area contributed by atoms with E-state index in [4.69, 9.17) is 10.5 Å². The molecule has 19 heavy (non-hydrogen) atoms. The molecule has 0 radical (unpaired) electrons. The van der Waals surface area contributed by atoms with E-state index in [1.807, 2.05) is 13.0 Å². The van der Waals surface area contributed by atoms with Crippen LogP contribution in [-0.4, -0.2) is 34.8 Å². The fourth-order valence-electron chi connectivity index (χ4n) is 1.50. The van der Waals surface area contributed by atoms with Crippen molar-refractivity contribution in [1.82, 2.24) is 0 Å². The van der Waals surface area contributed by atoms with Gasteiger partial charge in [0, 0.05) is 22.6 Å². The highest BCUT2D eigenvalue weighted by Gasteiger charge is 2.12. The highest BCUT2D eigenvalue weighted by molar-refractivity contribution is 7.85. The number of hydrogen-bond acceptors (Lipinski definition) is 4. The summed E-state index contributed by atoms with van der Waals surface area (Å²) in [6.45, 7) is 1.93. The zero-order valence-electron chi connectivity index (χ0n) is 11.2. The van der Waals surface area contributed by atoms with Crippen molar-refractivity contribution in [2.75, 3.05) is 23.9 Å². The van der Waals surface area contributed by atoms with Crippen LogP contribution in [-0.2, 0) is 15.6 Å².